The number of allylic oxidation sites excluding steroid dienone is 2. The summed E-state index contributed by atoms with van der Waals surface area (Å²) in [7, 11) is 0. The van der Waals surface area contributed by atoms with Crippen molar-refractivity contribution >= 4 is 0 Å². The second kappa shape index (κ2) is 31.7. The van der Waals surface area contributed by atoms with Gasteiger partial charge in [-0.05, 0) is 57.5 Å². The monoisotopic (exact) mass is 492 g/mol. The van der Waals surface area contributed by atoms with Crippen molar-refractivity contribution in [3.63, 3.8) is 0 Å². The maximum Gasteiger partial charge on any atom is -0.00489 e. The van der Waals surface area contributed by atoms with Gasteiger partial charge in [0.2, 0.25) is 0 Å². The fourth-order valence-corrected chi connectivity index (χ4v) is 5.14. The van der Waals surface area contributed by atoms with E-state index < -0.39 is 0 Å². The predicted octanol–water partition coefficient (Wildman–Crippen LogP) is 12.0. The van der Waals surface area contributed by atoms with E-state index in [1.165, 1.54) is 180 Å². The van der Waals surface area contributed by atoms with Crippen LogP contribution in [0.3, 0.4) is 0 Å². The van der Waals surface area contributed by atoms with Gasteiger partial charge >= 0.3 is 0 Å². The van der Waals surface area contributed by atoms with Gasteiger partial charge in [0.15, 0.2) is 0 Å². The molecule has 1 heteroatoms. The molecule has 210 valence electrons. The molecular formula is C34H69N. The molecule has 1 N–H and O–H groups in total. The van der Waals surface area contributed by atoms with Gasteiger partial charge in [-0.3, -0.25) is 0 Å². The van der Waals surface area contributed by atoms with Crippen molar-refractivity contribution in [2.45, 2.75) is 188 Å². The number of hydrogen-bond acceptors (Lipinski definition) is 1. The van der Waals surface area contributed by atoms with Crippen LogP contribution in [-0.4, -0.2) is 13.1 Å². The maximum atomic E-state index is 3.67. The summed E-state index contributed by atoms with van der Waals surface area (Å²) >= 11 is 0. The van der Waals surface area contributed by atoms with Crippen molar-refractivity contribution in [3.8, 4) is 0 Å². The summed E-state index contributed by atoms with van der Waals surface area (Å²) in [6.45, 7) is 9.54. The summed E-state index contributed by atoms with van der Waals surface area (Å²) in [5, 5.41) is 3.67. The molecule has 0 fully saturated rings. The Balaban J connectivity index is 3.13. The smallest absolute Gasteiger partial charge is 0.00489 e. The first kappa shape index (κ1) is 34.7. The first-order chi connectivity index (χ1) is 17.3. The summed E-state index contributed by atoms with van der Waals surface area (Å²) in [6.07, 6.45) is 41.7. The normalized spacial score (nSPS) is 12.7. The van der Waals surface area contributed by atoms with E-state index in [1.54, 1.807) is 0 Å². The highest BCUT2D eigenvalue weighted by Crippen LogP contribution is 2.18. The average Bonchev–Trinajstić information content (AvgIpc) is 2.86. The fraction of sp³-hybridized carbons (Fsp3) is 0.941. The van der Waals surface area contributed by atoms with Gasteiger partial charge in [0, 0.05) is 0 Å². The van der Waals surface area contributed by atoms with Crippen molar-refractivity contribution in [3.05, 3.63) is 12.2 Å². The zero-order valence-electron chi connectivity index (χ0n) is 25.0. The van der Waals surface area contributed by atoms with E-state index in [2.05, 4.69) is 38.2 Å². The van der Waals surface area contributed by atoms with Crippen molar-refractivity contribution < 1.29 is 0 Å². The molecular weight excluding hydrogens is 422 g/mol. The Morgan fingerprint density at radius 1 is 0.429 bits per heavy atom. The minimum atomic E-state index is 0.956. The molecule has 35 heavy (non-hydrogen) atoms. The Bertz CT molecular complexity index is 388. The topological polar surface area (TPSA) is 12.0 Å². The van der Waals surface area contributed by atoms with Gasteiger partial charge < -0.3 is 5.32 Å². The van der Waals surface area contributed by atoms with Crippen LogP contribution in [0.1, 0.15) is 188 Å². The molecule has 1 unspecified atom stereocenters. The molecule has 0 aromatic rings. The lowest BCUT2D eigenvalue weighted by molar-refractivity contribution is 0.431. The molecule has 0 saturated heterocycles. The zero-order valence-corrected chi connectivity index (χ0v) is 25.0. The third kappa shape index (κ3) is 31.7. The van der Waals surface area contributed by atoms with Gasteiger partial charge in [-0.25, -0.2) is 0 Å². The summed E-state index contributed by atoms with van der Waals surface area (Å²) in [4.78, 5) is 0. The first-order valence-electron chi connectivity index (χ1n) is 16.7. The molecule has 0 aliphatic rings. The van der Waals surface area contributed by atoms with Crippen molar-refractivity contribution in [1.29, 1.82) is 0 Å². The summed E-state index contributed by atoms with van der Waals surface area (Å²) in [6, 6.07) is 0. The SMILES string of the molecule is CCCCCCC/C=C/CCCCCCCNCCCCCCCCC(C)CCCCCCCC. The third-order valence-electron chi connectivity index (χ3n) is 7.72. The molecule has 0 aromatic carbocycles. The van der Waals surface area contributed by atoms with Crippen LogP contribution in [0.2, 0.25) is 0 Å². The zero-order chi connectivity index (χ0) is 25.5. The Hall–Kier alpha value is -0.300. The van der Waals surface area contributed by atoms with E-state index in [4.69, 9.17) is 0 Å². The van der Waals surface area contributed by atoms with Crippen LogP contribution in [0.15, 0.2) is 12.2 Å². The van der Waals surface area contributed by atoms with Gasteiger partial charge in [0.05, 0.1) is 0 Å². The van der Waals surface area contributed by atoms with Gasteiger partial charge in [0.1, 0.15) is 0 Å². The van der Waals surface area contributed by atoms with Gasteiger partial charge in [0.25, 0.3) is 0 Å². The Morgan fingerprint density at radius 3 is 1.20 bits per heavy atom. The largest absolute Gasteiger partial charge is 0.317 e. The number of hydrogen-bond donors (Lipinski definition) is 1. The van der Waals surface area contributed by atoms with Crippen LogP contribution in [0, 0.1) is 5.92 Å². The standard InChI is InChI=1S/C34H69N/c1-4-6-8-10-12-13-14-15-16-17-18-20-24-28-32-35-33-29-25-21-19-23-27-31-34(3)30-26-22-11-9-7-5-2/h14-15,34-35H,4-13,16-33H2,1-3H3/b15-14+. The van der Waals surface area contributed by atoms with Gasteiger partial charge in [-0.2, -0.15) is 0 Å². The molecule has 0 bridgehead atoms. The maximum absolute atomic E-state index is 3.67. The number of unbranched alkanes of at least 4 members (excludes halogenated alkanes) is 20. The van der Waals surface area contributed by atoms with E-state index in [9.17, 15) is 0 Å². The predicted molar refractivity (Wildman–Crippen MR) is 163 cm³/mol. The van der Waals surface area contributed by atoms with Crippen LogP contribution in [0.5, 0.6) is 0 Å². The highest BCUT2D eigenvalue weighted by atomic mass is 14.8. The highest BCUT2D eigenvalue weighted by Gasteiger charge is 2.02. The highest BCUT2D eigenvalue weighted by molar-refractivity contribution is 4.81. The Morgan fingerprint density at radius 2 is 0.771 bits per heavy atom. The molecule has 0 aliphatic carbocycles. The van der Waals surface area contributed by atoms with E-state index >= 15 is 0 Å². The second-order valence-corrected chi connectivity index (χ2v) is 11.6. The fourth-order valence-electron chi connectivity index (χ4n) is 5.14. The van der Waals surface area contributed by atoms with Crippen LogP contribution < -0.4 is 5.32 Å². The van der Waals surface area contributed by atoms with Crippen LogP contribution >= 0.6 is 0 Å². The molecule has 0 aromatic heterocycles. The lowest BCUT2D eigenvalue weighted by Crippen LogP contribution is -2.16. The molecule has 1 atom stereocenters. The summed E-state index contributed by atoms with van der Waals surface area (Å²) < 4.78 is 0. The minimum absolute atomic E-state index is 0.956. The van der Waals surface area contributed by atoms with Gasteiger partial charge in [-0.1, -0.05) is 161 Å². The number of rotatable bonds is 30. The molecule has 0 heterocycles. The molecule has 0 aliphatic heterocycles. The quantitative estimate of drug-likeness (QED) is 0.0777. The number of nitrogens with one attached hydrogen (secondary N) is 1. The lowest BCUT2D eigenvalue weighted by atomic mass is 9.96. The van der Waals surface area contributed by atoms with Crippen molar-refractivity contribution in [2.75, 3.05) is 13.1 Å². The van der Waals surface area contributed by atoms with E-state index in [0.717, 1.165) is 5.92 Å². The first-order valence-corrected chi connectivity index (χ1v) is 16.7. The Labute approximate surface area is 224 Å². The van der Waals surface area contributed by atoms with Crippen molar-refractivity contribution in [2.24, 2.45) is 5.92 Å². The van der Waals surface area contributed by atoms with E-state index in [1.807, 2.05) is 0 Å². The summed E-state index contributed by atoms with van der Waals surface area (Å²) in [5.41, 5.74) is 0. The second-order valence-electron chi connectivity index (χ2n) is 11.6. The average molecular weight is 492 g/mol. The molecule has 0 radical (unpaired) electrons. The van der Waals surface area contributed by atoms with Crippen molar-refractivity contribution in [1.82, 2.24) is 5.32 Å². The van der Waals surface area contributed by atoms with E-state index in [0.29, 0.717) is 0 Å². The van der Waals surface area contributed by atoms with Crippen LogP contribution in [0.4, 0.5) is 0 Å². The van der Waals surface area contributed by atoms with Gasteiger partial charge in [-0.15, -0.1) is 0 Å². The Kier molecular flexibility index (Phi) is 31.5. The van der Waals surface area contributed by atoms with E-state index in [-0.39, 0.29) is 0 Å². The molecule has 0 amide bonds. The molecule has 0 spiro atoms. The minimum Gasteiger partial charge on any atom is -0.317 e. The molecule has 0 rings (SSSR count). The lowest BCUT2D eigenvalue weighted by Gasteiger charge is -2.11. The summed E-state index contributed by atoms with van der Waals surface area (Å²) in [5.74, 6) is 0.956. The van der Waals surface area contributed by atoms with Crippen LogP contribution in [-0.2, 0) is 0 Å². The van der Waals surface area contributed by atoms with Crippen LogP contribution in [0.25, 0.3) is 0 Å². The third-order valence-corrected chi connectivity index (χ3v) is 7.72. The molecule has 0 saturated carbocycles. The molecule has 1 nitrogen and oxygen atoms in total.